The Kier molecular flexibility index (Phi) is 9.66. The highest BCUT2D eigenvalue weighted by Gasteiger charge is 2.34. The van der Waals surface area contributed by atoms with E-state index in [9.17, 15) is 14.0 Å². The summed E-state index contributed by atoms with van der Waals surface area (Å²) in [5, 5.41) is 0.564. The lowest BCUT2D eigenvalue weighted by Crippen LogP contribution is -2.43. The van der Waals surface area contributed by atoms with Crippen molar-refractivity contribution in [1.29, 1.82) is 0 Å². The van der Waals surface area contributed by atoms with Gasteiger partial charge in [-0.25, -0.2) is 9.38 Å². The predicted molar refractivity (Wildman–Crippen MR) is 171 cm³/mol. The van der Waals surface area contributed by atoms with Crippen molar-refractivity contribution >= 4 is 34.9 Å². The summed E-state index contributed by atoms with van der Waals surface area (Å²) in [6, 6.07) is 18.1. The number of aromatic nitrogens is 1. The molecule has 0 saturated carbocycles. The van der Waals surface area contributed by atoms with Gasteiger partial charge < -0.3 is 14.4 Å². The first-order chi connectivity index (χ1) is 21.2. The topological polar surface area (TPSA) is 73.1 Å². The van der Waals surface area contributed by atoms with Gasteiger partial charge in [0.15, 0.2) is 16.3 Å². The van der Waals surface area contributed by atoms with Crippen LogP contribution in [-0.4, -0.2) is 35.1 Å². The van der Waals surface area contributed by atoms with Crippen molar-refractivity contribution in [2.45, 2.75) is 40.3 Å². The van der Waals surface area contributed by atoms with E-state index in [0.717, 1.165) is 16.7 Å². The van der Waals surface area contributed by atoms with Crippen LogP contribution in [0.1, 0.15) is 50.4 Å². The average Bonchev–Trinajstić information content (AvgIpc) is 3.31. The third-order valence-corrected chi connectivity index (χ3v) is 8.60. The molecule has 3 aromatic carbocycles. The Morgan fingerprint density at radius 1 is 1.02 bits per heavy atom. The zero-order chi connectivity index (χ0) is 31.4. The first-order valence-corrected chi connectivity index (χ1v) is 15.6. The third-order valence-electron chi connectivity index (χ3n) is 7.36. The maximum atomic E-state index is 14.0. The highest BCUT2D eigenvalue weighted by molar-refractivity contribution is 7.07. The van der Waals surface area contributed by atoms with Crippen LogP contribution < -0.4 is 24.4 Å². The summed E-state index contributed by atoms with van der Waals surface area (Å²) in [4.78, 5) is 34.8. The van der Waals surface area contributed by atoms with Crippen molar-refractivity contribution in [3.63, 3.8) is 0 Å². The summed E-state index contributed by atoms with van der Waals surface area (Å²) in [5.74, 6) is 0.605. The van der Waals surface area contributed by atoms with Crippen molar-refractivity contribution in [2.24, 2.45) is 4.99 Å². The van der Waals surface area contributed by atoms with E-state index in [0.29, 0.717) is 56.8 Å². The normalized spacial score (nSPS) is 14.7. The molecule has 1 aromatic heterocycles. The standard InChI is InChI=1S/C34H33ClFN3O4S/c1-5-38(6-2)33(41)30-21(4)37-34-39(31(30)24-11-13-25(35)14-12-24)32(40)29(44-34)19-23-10-17-27(28(18-23)42-7-3)43-20-22-8-15-26(36)16-9-22/h8-19,31H,5-7,20H2,1-4H3/b29-19+/t31-/m0/s1. The van der Waals surface area contributed by atoms with Crippen LogP contribution in [-0.2, 0) is 11.4 Å². The van der Waals surface area contributed by atoms with E-state index < -0.39 is 6.04 Å². The van der Waals surface area contributed by atoms with E-state index in [4.69, 9.17) is 26.1 Å². The van der Waals surface area contributed by atoms with E-state index in [-0.39, 0.29) is 23.9 Å². The number of nitrogens with zero attached hydrogens (tertiary/aromatic N) is 3. The number of fused-ring (bicyclic) bond motifs is 1. The smallest absolute Gasteiger partial charge is 0.271 e. The van der Waals surface area contributed by atoms with Crippen LogP contribution in [0.25, 0.3) is 6.08 Å². The number of thiazole rings is 1. The predicted octanol–water partition coefficient (Wildman–Crippen LogP) is 5.87. The zero-order valence-corrected chi connectivity index (χ0v) is 26.5. The minimum Gasteiger partial charge on any atom is -0.490 e. The van der Waals surface area contributed by atoms with Gasteiger partial charge in [-0.3, -0.25) is 14.2 Å². The Morgan fingerprint density at radius 2 is 1.73 bits per heavy atom. The molecular weight excluding hydrogens is 601 g/mol. The summed E-state index contributed by atoms with van der Waals surface area (Å²) < 4.78 is 27.2. The van der Waals surface area contributed by atoms with Gasteiger partial charge >= 0.3 is 0 Å². The molecule has 4 aromatic rings. The summed E-state index contributed by atoms with van der Waals surface area (Å²) in [6.07, 6.45) is 1.79. The second kappa shape index (κ2) is 13.6. The second-order valence-corrected chi connectivity index (χ2v) is 11.6. The van der Waals surface area contributed by atoms with E-state index in [1.165, 1.54) is 23.5 Å². The van der Waals surface area contributed by atoms with Gasteiger partial charge in [-0.05, 0) is 86.9 Å². The molecule has 0 N–H and O–H groups in total. The SMILES string of the molecule is CCOc1cc(/C=c2/sc3n(c2=O)[C@@H](c2ccc(Cl)cc2)C(C(=O)N(CC)CC)=C(C)N=3)ccc1OCc1ccc(F)cc1. The van der Waals surface area contributed by atoms with Gasteiger partial charge in [0, 0.05) is 18.1 Å². The van der Waals surface area contributed by atoms with Crippen molar-refractivity contribution < 1.29 is 18.7 Å². The minimum atomic E-state index is -0.653. The average molecular weight is 634 g/mol. The monoisotopic (exact) mass is 633 g/mol. The van der Waals surface area contributed by atoms with Crippen molar-refractivity contribution in [2.75, 3.05) is 19.7 Å². The molecule has 0 bridgehead atoms. The van der Waals surface area contributed by atoms with Gasteiger partial charge in [-0.2, -0.15) is 0 Å². The lowest BCUT2D eigenvalue weighted by Gasteiger charge is -2.29. The van der Waals surface area contributed by atoms with Crippen molar-refractivity contribution in [1.82, 2.24) is 9.47 Å². The zero-order valence-electron chi connectivity index (χ0n) is 25.0. The molecule has 10 heteroatoms. The van der Waals surface area contributed by atoms with Crippen LogP contribution in [0.3, 0.4) is 0 Å². The largest absolute Gasteiger partial charge is 0.490 e. The first-order valence-electron chi connectivity index (χ1n) is 14.4. The minimum absolute atomic E-state index is 0.150. The molecule has 1 aliphatic rings. The number of likely N-dealkylation sites (N-methyl/N-ethyl adjacent to an activating group) is 1. The van der Waals surface area contributed by atoms with Gasteiger partial charge in [-0.15, -0.1) is 0 Å². The molecule has 0 fully saturated rings. The quantitative estimate of drug-likeness (QED) is 0.219. The van der Waals surface area contributed by atoms with Crippen LogP contribution in [0.4, 0.5) is 4.39 Å². The number of amides is 1. The first kappa shape index (κ1) is 31.2. The molecule has 2 heterocycles. The van der Waals surface area contributed by atoms with Crippen LogP contribution in [0.2, 0.25) is 5.02 Å². The van der Waals surface area contributed by atoms with Crippen LogP contribution in [0.15, 0.2) is 87.8 Å². The van der Waals surface area contributed by atoms with Crippen molar-refractivity contribution in [3.8, 4) is 11.5 Å². The number of benzene rings is 3. The fraction of sp³-hybridized carbons (Fsp3) is 0.265. The summed E-state index contributed by atoms with van der Waals surface area (Å²) >= 11 is 7.46. The fourth-order valence-electron chi connectivity index (χ4n) is 5.13. The Morgan fingerprint density at radius 3 is 2.39 bits per heavy atom. The Labute approximate surface area is 264 Å². The second-order valence-electron chi connectivity index (χ2n) is 10.2. The Hall–Kier alpha value is -4.21. The van der Waals surface area contributed by atoms with Gasteiger partial charge in [0.25, 0.3) is 11.5 Å². The summed E-state index contributed by atoms with van der Waals surface area (Å²) in [5.41, 5.74) is 3.13. The van der Waals surface area contributed by atoms with Gasteiger partial charge in [0.1, 0.15) is 12.4 Å². The van der Waals surface area contributed by atoms with Gasteiger partial charge in [-0.1, -0.05) is 53.3 Å². The van der Waals surface area contributed by atoms with E-state index in [1.807, 2.05) is 52.0 Å². The van der Waals surface area contributed by atoms with E-state index in [1.54, 1.807) is 45.9 Å². The number of carbonyl (C=O) groups is 1. The lowest BCUT2D eigenvalue weighted by atomic mass is 9.94. The Bertz CT molecular complexity index is 1880. The number of halogens is 2. The Balaban J connectivity index is 1.56. The number of hydrogen-bond acceptors (Lipinski definition) is 6. The molecular formula is C34H33ClFN3O4S. The summed E-state index contributed by atoms with van der Waals surface area (Å²) in [6.45, 7) is 9.30. The molecule has 44 heavy (non-hydrogen) atoms. The number of allylic oxidation sites excluding steroid dienone is 1. The number of ether oxygens (including phenoxy) is 2. The highest BCUT2D eigenvalue weighted by atomic mass is 35.5. The highest BCUT2D eigenvalue weighted by Crippen LogP contribution is 2.32. The summed E-state index contributed by atoms with van der Waals surface area (Å²) in [7, 11) is 0. The van der Waals surface area contributed by atoms with Gasteiger partial charge in [0.2, 0.25) is 0 Å². The van der Waals surface area contributed by atoms with Crippen LogP contribution in [0, 0.1) is 5.82 Å². The van der Waals surface area contributed by atoms with Crippen LogP contribution >= 0.6 is 22.9 Å². The molecule has 5 rings (SSSR count). The number of hydrogen-bond donors (Lipinski definition) is 0. The van der Waals surface area contributed by atoms with E-state index in [2.05, 4.69) is 0 Å². The lowest BCUT2D eigenvalue weighted by molar-refractivity contribution is -0.127. The molecule has 1 aliphatic heterocycles. The van der Waals surface area contributed by atoms with Crippen LogP contribution in [0.5, 0.6) is 11.5 Å². The molecule has 7 nitrogen and oxygen atoms in total. The molecule has 0 saturated heterocycles. The molecule has 0 radical (unpaired) electrons. The maximum Gasteiger partial charge on any atom is 0.271 e. The van der Waals surface area contributed by atoms with Crippen molar-refractivity contribution in [3.05, 3.63) is 125 Å². The molecule has 1 amide bonds. The maximum absolute atomic E-state index is 14.0. The van der Waals surface area contributed by atoms with Gasteiger partial charge in [0.05, 0.1) is 28.5 Å². The molecule has 0 aliphatic carbocycles. The molecule has 0 spiro atoms. The van der Waals surface area contributed by atoms with E-state index >= 15 is 0 Å². The molecule has 0 unspecified atom stereocenters. The number of rotatable bonds is 10. The fourth-order valence-corrected chi connectivity index (χ4v) is 6.30. The molecule has 228 valence electrons. The third kappa shape index (κ3) is 6.49. The number of carbonyl (C=O) groups excluding carboxylic acids is 1. The molecule has 1 atom stereocenters.